The molecule has 0 fully saturated rings. The zero-order valence-corrected chi connectivity index (χ0v) is 16.5. The number of nitriles is 1. The zero-order chi connectivity index (χ0) is 22.2. The van der Waals surface area contributed by atoms with Crippen molar-refractivity contribution in [1.29, 1.82) is 5.26 Å². The molecule has 5 nitrogen and oxygen atoms in total. The van der Waals surface area contributed by atoms with Crippen LogP contribution in [0.15, 0.2) is 83.8 Å². The Morgan fingerprint density at radius 1 is 0.906 bits per heavy atom. The van der Waals surface area contributed by atoms with Crippen LogP contribution in [-0.2, 0) is 0 Å². The number of rotatable bonds is 3. The molecule has 0 atom stereocenters. The molecule has 0 aliphatic rings. The highest BCUT2D eigenvalue weighted by molar-refractivity contribution is 5.96. The highest BCUT2D eigenvalue weighted by Crippen LogP contribution is 2.42. The number of H-pyrrole nitrogens is 1. The summed E-state index contributed by atoms with van der Waals surface area (Å²) in [5, 5.41) is 12.6. The van der Waals surface area contributed by atoms with E-state index >= 15 is 4.39 Å². The Labute approximate surface area is 180 Å². The van der Waals surface area contributed by atoms with Crippen LogP contribution in [0.3, 0.4) is 0 Å². The maximum absolute atomic E-state index is 15.0. The summed E-state index contributed by atoms with van der Waals surface area (Å²) >= 11 is 0. The number of aromatic nitrogens is 3. The first kappa shape index (κ1) is 19.4. The lowest BCUT2D eigenvalue weighted by Crippen LogP contribution is -2.14. The molecular weight excluding hydrogens is 410 g/mol. The van der Waals surface area contributed by atoms with Crippen molar-refractivity contribution < 1.29 is 8.78 Å². The van der Waals surface area contributed by atoms with Crippen LogP contribution in [0.25, 0.3) is 39.2 Å². The van der Waals surface area contributed by atoms with Gasteiger partial charge in [0, 0.05) is 46.6 Å². The minimum absolute atomic E-state index is 0.105. The molecule has 0 saturated heterocycles. The molecule has 0 radical (unpaired) electrons. The summed E-state index contributed by atoms with van der Waals surface area (Å²) in [5.74, 6) is -1.49. The third-order valence-electron chi connectivity index (χ3n) is 5.25. The molecule has 5 aromatic rings. The van der Waals surface area contributed by atoms with Crippen LogP contribution in [0.2, 0.25) is 0 Å². The lowest BCUT2D eigenvalue weighted by molar-refractivity contribution is 0.585. The van der Waals surface area contributed by atoms with E-state index < -0.39 is 11.6 Å². The van der Waals surface area contributed by atoms with E-state index in [4.69, 9.17) is 0 Å². The largest absolute Gasteiger partial charge is 0.297 e. The summed E-state index contributed by atoms with van der Waals surface area (Å²) in [4.78, 5) is 17.1. The molecule has 2 heterocycles. The molecule has 0 bridgehead atoms. The van der Waals surface area contributed by atoms with Crippen LogP contribution >= 0.6 is 0 Å². The third kappa shape index (κ3) is 3.15. The Morgan fingerprint density at radius 3 is 2.44 bits per heavy atom. The first-order valence-electron chi connectivity index (χ1n) is 9.72. The van der Waals surface area contributed by atoms with E-state index in [1.54, 1.807) is 24.4 Å². The third-order valence-corrected chi connectivity index (χ3v) is 5.25. The highest BCUT2D eigenvalue weighted by Gasteiger charge is 2.22. The molecule has 0 aliphatic carbocycles. The number of nitrogens with zero attached hydrogens (tertiary/aromatic N) is 3. The highest BCUT2D eigenvalue weighted by atomic mass is 19.1. The van der Waals surface area contributed by atoms with Crippen LogP contribution in [0, 0.1) is 23.0 Å². The quantitative estimate of drug-likeness (QED) is 0.434. The van der Waals surface area contributed by atoms with Crippen LogP contribution in [0.1, 0.15) is 5.56 Å². The smallest absolute Gasteiger partial charge is 0.273 e. The molecular formula is C25H14F2N4O. The minimum atomic E-state index is -0.780. The van der Waals surface area contributed by atoms with Crippen LogP contribution < -0.4 is 5.56 Å². The SMILES string of the molecule is N#Cc1ccc(-c2cc(=O)n3[nH]ccc3n2)c(-c2ccc(F)cc2F)c1-c1ccccc1. The van der Waals surface area contributed by atoms with Gasteiger partial charge in [-0.1, -0.05) is 36.4 Å². The first-order valence-corrected chi connectivity index (χ1v) is 9.72. The summed E-state index contributed by atoms with van der Waals surface area (Å²) < 4.78 is 30.0. The van der Waals surface area contributed by atoms with Gasteiger partial charge >= 0.3 is 0 Å². The monoisotopic (exact) mass is 424 g/mol. The van der Waals surface area contributed by atoms with Gasteiger partial charge in [-0.05, 0) is 23.8 Å². The Morgan fingerprint density at radius 2 is 1.69 bits per heavy atom. The summed E-state index contributed by atoms with van der Waals surface area (Å²) in [5.41, 5.74) is 2.77. The second-order valence-electron chi connectivity index (χ2n) is 7.15. The van der Waals surface area contributed by atoms with E-state index in [2.05, 4.69) is 16.2 Å². The van der Waals surface area contributed by atoms with Crippen molar-refractivity contribution in [2.75, 3.05) is 0 Å². The molecule has 32 heavy (non-hydrogen) atoms. The van der Waals surface area contributed by atoms with Gasteiger partial charge in [0.05, 0.1) is 17.3 Å². The summed E-state index contributed by atoms with van der Waals surface area (Å²) in [6, 6.07) is 20.7. The standard InChI is InChI=1S/C25H14F2N4O/c26-17-7-9-18(20(27)12-17)25-19(21-13-23(32)31-22(30-21)10-11-29-31)8-6-16(14-28)24(25)15-4-2-1-3-5-15/h1-13,29H. The van der Waals surface area contributed by atoms with E-state index in [1.165, 1.54) is 16.6 Å². The zero-order valence-electron chi connectivity index (χ0n) is 16.5. The van der Waals surface area contributed by atoms with Crippen molar-refractivity contribution in [3.63, 3.8) is 0 Å². The second-order valence-corrected chi connectivity index (χ2v) is 7.15. The summed E-state index contributed by atoms with van der Waals surface area (Å²) in [6.45, 7) is 0. The van der Waals surface area contributed by atoms with E-state index in [0.29, 0.717) is 39.2 Å². The van der Waals surface area contributed by atoms with Crippen molar-refractivity contribution in [3.8, 4) is 39.6 Å². The molecule has 0 spiro atoms. The number of hydrogen-bond donors (Lipinski definition) is 1. The average molecular weight is 424 g/mol. The number of fused-ring (bicyclic) bond motifs is 1. The van der Waals surface area contributed by atoms with Crippen LogP contribution in [0.5, 0.6) is 0 Å². The molecule has 2 aromatic heterocycles. The molecule has 0 amide bonds. The fourth-order valence-electron chi connectivity index (χ4n) is 3.85. The number of aromatic amines is 1. The van der Waals surface area contributed by atoms with Crippen molar-refractivity contribution in [2.45, 2.75) is 0 Å². The topological polar surface area (TPSA) is 73.9 Å². The molecule has 1 N–H and O–H groups in total. The fourth-order valence-corrected chi connectivity index (χ4v) is 3.85. The van der Waals surface area contributed by atoms with Gasteiger partial charge in [-0.3, -0.25) is 9.89 Å². The molecule has 3 aromatic carbocycles. The van der Waals surface area contributed by atoms with Gasteiger partial charge in [0.2, 0.25) is 0 Å². The fraction of sp³-hybridized carbons (Fsp3) is 0. The van der Waals surface area contributed by atoms with Gasteiger partial charge in [0.25, 0.3) is 5.56 Å². The van der Waals surface area contributed by atoms with Crippen molar-refractivity contribution in [2.24, 2.45) is 0 Å². The maximum Gasteiger partial charge on any atom is 0.273 e. The van der Waals surface area contributed by atoms with Gasteiger partial charge in [-0.25, -0.2) is 18.3 Å². The van der Waals surface area contributed by atoms with E-state index in [-0.39, 0.29) is 11.1 Å². The average Bonchev–Trinajstić information content (AvgIpc) is 3.28. The summed E-state index contributed by atoms with van der Waals surface area (Å²) in [6.07, 6.45) is 1.59. The van der Waals surface area contributed by atoms with Crippen molar-refractivity contribution in [3.05, 3.63) is 107 Å². The molecule has 0 saturated carbocycles. The van der Waals surface area contributed by atoms with Crippen molar-refractivity contribution >= 4 is 5.65 Å². The predicted molar refractivity (Wildman–Crippen MR) is 117 cm³/mol. The molecule has 0 unspecified atom stereocenters. The first-order chi connectivity index (χ1) is 15.6. The van der Waals surface area contributed by atoms with Gasteiger partial charge < -0.3 is 0 Å². The van der Waals surface area contributed by atoms with Crippen molar-refractivity contribution in [1.82, 2.24) is 14.6 Å². The number of benzene rings is 3. The molecule has 7 heteroatoms. The van der Waals surface area contributed by atoms with E-state index in [1.807, 2.05) is 30.3 Å². The second kappa shape index (κ2) is 7.60. The maximum atomic E-state index is 15.0. The lowest BCUT2D eigenvalue weighted by atomic mass is 9.86. The Bertz CT molecular complexity index is 1580. The van der Waals surface area contributed by atoms with Gasteiger partial charge in [-0.15, -0.1) is 0 Å². The summed E-state index contributed by atoms with van der Waals surface area (Å²) in [7, 11) is 0. The van der Waals surface area contributed by atoms with Crippen LogP contribution in [0.4, 0.5) is 8.78 Å². The van der Waals surface area contributed by atoms with Gasteiger partial charge in [0.15, 0.2) is 5.65 Å². The Hall–Kier alpha value is -4.57. The van der Waals surface area contributed by atoms with Gasteiger partial charge in [-0.2, -0.15) is 5.26 Å². The lowest BCUT2D eigenvalue weighted by Gasteiger charge is -2.18. The van der Waals surface area contributed by atoms with E-state index in [9.17, 15) is 14.4 Å². The number of halogens is 2. The van der Waals surface area contributed by atoms with E-state index in [0.717, 1.165) is 12.1 Å². The number of hydrogen-bond acceptors (Lipinski definition) is 3. The molecule has 5 rings (SSSR count). The Balaban J connectivity index is 1.93. The Kier molecular flexibility index (Phi) is 4.61. The predicted octanol–water partition coefficient (Wildman–Crippen LogP) is 5.17. The van der Waals surface area contributed by atoms with Gasteiger partial charge in [0.1, 0.15) is 11.6 Å². The molecule has 154 valence electrons. The molecule has 0 aliphatic heterocycles. The van der Waals surface area contributed by atoms with Crippen LogP contribution in [-0.4, -0.2) is 14.6 Å². The minimum Gasteiger partial charge on any atom is -0.297 e. The number of nitrogens with one attached hydrogen (secondary N) is 1. The normalized spacial score (nSPS) is 10.9.